The molecule has 0 spiro atoms. The van der Waals surface area contributed by atoms with Crippen LogP contribution in [-0.4, -0.2) is 45.7 Å². The van der Waals surface area contributed by atoms with Crippen LogP contribution >= 0.6 is 0 Å². The molecule has 22 heavy (non-hydrogen) atoms. The summed E-state index contributed by atoms with van der Waals surface area (Å²) in [5.74, 6) is 1.01. The Morgan fingerprint density at radius 3 is 2.55 bits per heavy atom. The minimum absolute atomic E-state index is 0.236. The summed E-state index contributed by atoms with van der Waals surface area (Å²) in [5, 5.41) is 3.29. The van der Waals surface area contributed by atoms with Crippen LogP contribution in [0.1, 0.15) is 39.3 Å². The van der Waals surface area contributed by atoms with E-state index in [0.29, 0.717) is 24.9 Å². The number of nitrogen functional groups attached to an aromatic ring is 1. The lowest BCUT2D eigenvalue weighted by Crippen LogP contribution is -2.44. The van der Waals surface area contributed by atoms with Gasteiger partial charge in [-0.1, -0.05) is 0 Å². The van der Waals surface area contributed by atoms with E-state index in [1.165, 1.54) is 0 Å². The fraction of sp³-hybridized carbons (Fsp3) is 0.667. The van der Waals surface area contributed by atoms with Crippen molar-refractivity contribution in [1.82, 2.24) is 14.9 Å². The first-order valence-electron chi connectivity index (χ1n) is 7.58. The predicted octanol–water partition coefficient (Wildman–Crippen LogP) is 2.18. The van der Waals surface area contributed by atoms with Gasteiger partial charge in [0.1, 0.15) is 11.4 Å². The number of nitrogens with one attached hydrogen (secondary N) is 1. The second-order valence-electron chi connectivity index (χ2n) is 6.64. The lowest BCUT2D eigenvalue weighted by molar-refractivity contribution is 0.0210. The third-order valence-electron chi connectivity index (χ3n) is 3.35. The Kier molecular flexibility index (Phi) is 4.73. The van der Waals surface area contributed by atoms with Gasteiger partial charge in [0.15, 0.2) is 0 Å². The Morgan fingerprint density at radius 2 is 2.00 bits per heavy atom. The number of nitrogens with zero attached hydrogens (tertiary/aromatic N) is 3. The van der Waals surface area contributed by atoms with Gasteiger partial charge in [0.05, 0.1) is 0 Å². The average Bonchev–Trinajstić information content (AvgIpc) is 2.36. The van der Waals surface area contributed by atoms with Crippen LogP contribution in [0.5, 0.6) is 0 Å². The number of amides is 1. The summed E-state index contributed by atoms with van der Waals surface area (Å²) >= 11 is 0. The second kappa shape index (κ2) is 6.37. The summed E-state index contributed by atoms with van der Waals surface area (Å²) in [7, 11) is 0. The van der Waals surface area contributed by atoms with Crippen molar-refractivity contribution in [2.24, 2.45) is 0 Å². The number of piperidine rings is 1. The van der Waals surface area contributed by atoms with Crippen LogP contribution in [0.4, 0.5) is 16.6 Å². The maximum atomic E-state index is 12.0. The van der Waals surface area contributed by atoms with Crippen molar-refractivity contribution in [3.8, 4) is 0 Å². The van der Waals surface area contributed by atoms with E-state index in [-0.39, 0.29) is 12.1 Å². The van der Waals surface area contributed by atoms with E-state index in [4.69, 9.17) is 10.5 Å². The van der Waals surface area contributed by atoms with E-state index in [2.05, 4.69) is 15.3 Å². The molecular formula is C15H25N5O2. The molecule has 1 aliphatic rings. The number of hydrogen-bond acceptors (Lipinski definition) is 6. The quantitative estimate of drug-likeness (QED) is 0.870. The SMILES string of the molecule is Cc1cc(N)nc(NC2CCN(C(=O)OC(C)(C)C)CC2)n1. The van der Waals surface area contributed by atoms with Crippen LogP contribution in [0.3, 0.4) is 0 Å². The molecule has 1 amide bonds. The molecule has 0 aromatic carbocycles. The van der Waals surface area contributed by atoms with Gasteiger partial charge in [-0.15, -0.1) is 0 Å². The first-order chi connectivity index (χ1) is 10.2. The largest absolute Gasteiger partial charge is 0.444 e. The minimum atomic E-state index is -0.459. The Labute approximate surface area is 131 Å². The molecule has 7 heteroatoms. The zero-order valence-corrected chi connectivity index (χ0v) is 13.7. The molecule has 0 atom stereocenters. The standard InChI is InChI=1S/C15H25N5O2/c1-10-9-12(16)19-13(17-10)18-11-5-7-20(8-6-11)14(21)22-15(2,3)4/h9,11H,5-8H2,1-4H3,(H3,16,17,18,19). The smallest absolute Gasteiger partial charge is 0.410 e. The molecule has 3 N–H and O–H groups in total. The van der Waals surface area contributed by atoms with Crippen molar-refractivity contribution in [3.05, 3.63) is 11.8 Å². The number of rotatable bonds is 2. The summed E-state index contributed by atoms with van der Waals surface area (Å²) in [5.41, 5.74) is 6.10. The van der Waals surface area contributed by atoms with Crippen LogP contribution in [-0.2, 0) is 4.74 Å². The molecule has 122 valence electrons. The molecule has 1 saturated heterocycles. The van der Waals surface area contributed by atoms with Gasteiger partial charge in [-0.3, -0.25) is 0 Å². The molecule has 7 nitrogen and oxygen atoms in total. The first-order valence-corrected chi connectivity index (χ1v) is 7.58. The number of aryl methyl sites for hydroxylation is 1. The van der Waals surface area contributed by atoms with Crippen molar-refractivity contribution >= 4 is 17.9 Å². The third kappa shape index (κ3) is 4.75. The fourth-order valence-corrected chi connectivity index (χ4v) is 2.37. The summed E-state index contributed by atoms with van der Waals surface area (Å²) in [6.45, 7) is 8.83. The van der Waals surface area contributed by atoms with E-state index in [0.717, 1.165) is 18.5 Å². The summed E-state index contributed by atoms with van der Waals surface area (Å²) < 4.78 is 5.39. The molecule has 0 aliphatic carbocycles. The zero-order valence-electron chi connectivity index (χ0n) is 13.7. The molecule has 1 fully saturated rings. The molecule has 1 aromatic rings. The molecule has 2 heterocycles. The zero-order chi connectivity index (χ0) is 16.3. The van der Waals surface area contributed by atoms with Crippen molar-refractivity contribution in [1.29, 1.82) is 0 Å². The average molecular weight is 307 g/mol. The predicted molar refractivity (Wildman–Crippen MR) is 85.6 cm³/mol. The highest BCUT2D eigenvalue weighted by atomic mass is 16.6. The Hall–Kier alpha value is -2.05. The van der Waals surface area contributed by atoms with Gasteiger partial charge in [0.25, 0.3) is 0 Å². The highest BCUT2D eigenvalue weighted by Gasteiger charge is 2.27. The lowest BCUT2D eigenvalue weighted by Gasteiger charge is -2.33. The van der Waals surface area contributed by atoms with Gasteiger partial charge < -0.3 is 20.7 Å². The molecule has 1 aromatic heterocycles. The summed E-state index contributed by atoms with van der Waals surface area (Å²) in [6, 6.07) is 1.97. The number of nitrogens with two attached hydrogens (primary N) is 1. The summed E-state index contributed by atoms with van der Waals surface area (Å²) in [6.07, 6.45) is 1.41. The van der Waals surface area contributed by atoms with Gasteiger partial charge in [-0.2, -0.15) is 4.98 Å². The van der Waals surface area contributed by atoms with Crippen LogP contribution in [0.15, 0.2) is 6.07 Å². The number of aromatic nitrogens is 2. The maximum Gasteiger partial charge on any atom is 0.410 e. The van der Waals surface area contributed by atoms with Crippen molar-refractivity contribution in [2.45, 2.75) is 52.2 Å². The number of hydrogen-bond donors (Lipinski definition) is 2. The topological polar surface area (TPSA) is 93.4 Å². The summed E-state index contributed by atoms with van der Waals surface area (Å²) in [4.78, 5) is 22.3. The first kappa shape index (κ1) is 16.3. The van der Waals surface area contributed by atoms with Gasteiger partial charge in [0, 0.05) is 30.9 Å². The van der Waals surface area contributed by atoms with Crippen LogP contribution < -0.4 is 11.1 Å². The molecule has 0 unspecified atom stereocenters. The Bertz CT molecular complexity index is 513. The van der Waals surface area contributed by atoms with Crippen molar-refractivity contribution in [3.63, 3.8) is 0 Å². The number of ether oxygens (including phenoxy) is 1. The molecule has 1 aliphatic heterocycles. The minimum Gasteiger partial charge on any atom is -0.444 e. The number of carbonyl (C=O) groups excluding carboxylic acids is 1. The van der Waals surface area contributed by atoms with E-state index < -0.39 is 5.60 Å². The molecule has 0 saturated carbocycles. The van der Waals surface area contributed by atoms with Crippen LogP contribution in [0.2, 0.25) is 0 Å². The van der Waals surface area contributed by atoms with E-state index >= 15 is 0 Å². The van der Waals surface area contributed by atoms with Crippen molar-refractivity contribution in [2.75, 3.05) is 24.1 Å². The highest BCUT2D eigenvalue weighted by molar-refractivity contribution is 5.68. The van der Waals surface area contributed by atoms with E-state index in [1.54, 1.807) is 11.0 Å². The van der Waals surface area contributed by atoms with Gasteiger partial charge in [-0.05, 0) is 40.5 Å². The van der Waals surface area contributed by atoms with Crippen LogP contribution in [0.25, 0.3) is 0 Å². The Morgan fingerprint density at radius 1 is 1.36 bits per heavy atom. The van der Waals surface area contributed by atoms with Gasteiger partial charge in [-0.25, -0.2) is 9.78 Å². The van der Waals surface area contributed by atoms with Crippen molar-refractivity contribution < 1.29 is 9.53 Å². The van der Waals surface area contributed by atoms with Gasteiger partial charge in [0.2, 0.25) is 5.95 Å². The number of carbonyl (C=O) groups is 1. The second-order valence-corrected chi connectivity index (χ2v) is 6.64. The Balaban J connectivity index is 1.86. The highest BCUT2D eigenvalue weighted by Crippen LogP contribution is 2.18. The van der Waals surface area contributed by atoms with E-state index in [9.17, 15) is 4.79 Å². The molecule has 0 radical (unpaired) electrons. The normalized spacial score (nSPS) is 16.5. The van der Waals surface area contributed by atoms with E-state index in [1.807, 2.05) is 27.7 Å². The van der Waals surface area contributed by atoms with Crippen LogP contribution in [0, 0.1) is 6.92 Å². The number of anilines is 2. The third-order valence-corrected chi connectivity index (χ3v) is 3.35. The molecule has 2 rings (SSSR count). The number of likely N-dealkylation sites (tertiary alicyclic amines) is 1. The molecule has 0 bridgehead atoms. The maximum absolute atomic E-state index is 12.0. The lowest BCUT2D eigenvalue weighted by atomic mass is 10.1. The monoisotopic (exact) mass is 307 g/mol. The fourth-order valence-electron chi connectivity index (χ4n) is 2.37. The molecular weight excluding hydrogens is 282 g/mol. The van der Waals surface area contributed by atoms with Gasteiger partial charge >= 0.3 is 6.09 Å².